The van der Waals surface area contributed by atoms with E-state index in [1.54, 1.807) is 17.0 Å². The van der Waals surface area contributed by atoms with Gasteiger partial charge in [0.15, 0.2) is 0 Å². The highest BCUT2D eigenvalue weighted by molar-refractivity contribution is 5.80. The fraction of sp³-hybridized carbons (Fsp3) is 0.348. The molecular weight excluding hydrogens is 364 g/mol. The van der Waals surface area contributed by atoms with Gasteiger partial charge in [0.2, 0.25) is 5.91 Å². The van der Waals surface area contributed by atoms with E-state index in [-0.39, 0.29) is 11.5 Å². The molecule has 2 aromatic carbocycles. The van der Waals surface area contributed by atoms with Gasteiger partial charge in [-0.15, -0.1) is 0 Å². The molecule has 1 aliphatic heterocycles. The summed E-state index contributed by atoms with van der Waals surface area (Å²) in [6.07, 6.45) is 1.88. The van der Waals surface area contributed by atoms with Crippen molar-refractivity contribution in [2.45, 2.75) is 26.4 Å². The lowest BCUT2D eigenvalue weighted by atomic mass is 10.1. The van der Waals surface area contributed by atoms with Crippen molar-refractivity contribution in [3.05, 3.63) is 76.3 Å². The number of para-hydroxylation sites is 1. The minimum atomic E-state index is -0.0841. The summed E-state index contributed by atoms with van der Waals surface area (Å²) in [4.78, 5) is 34.0. The van der Waals surface area contributed by atoms with Gasteiger partial charge in [0.1, 0.15) is 0 Å². The van der Waals surface area contributed by atoms with E-state index < -0.39 is 0 Å². The van der Waals surface area contributed by atoms with Crippen LogP contribution in [0.25, 0.3) is 10.9 Å². The number of carbonyl (C=O) groups excluding carboxylic acids is 1. The lowest BCUT2D eigenvalue weighted by molar-refractivity contribution is -0.133. The maximum atomic E-state index is 12.7. The van der Waals surface area contributed by atoms with E-state index in [1.807, 2.05) is 30.0 Å². The highest BCUT2D eigenvalue weighted by atomic mass is 16.2. The number of rotatable bonds is 5. The first-order valence-electron chi connectivity index (χ1n) is 10.1. The monoisotopic (exact) mass is 390 g/mol. The Morgan fingerprint density at radius 3 is 2.52 bits per heavy atom. The third-order valence-corrected chi connectivity index (χ3v) is 5.60. The summed E-state index contributed by atoms with van der Waals surface area (Å²) in [6, 6.07) is 16.0. The minimum absolute atomic E-state index is 0.0841. The molecule has 0 saturated carbocycles. The molecule has 2 heterocycles. The number of benzene rings is 2. The first-order valence-corrected chi connectivity index (χ1v) is 10.1. The van der Waals surface area contributed by atoms with Gasteiger partial charge in [0.25, 0.3) is 5.56 Å². The van der Waals surface area contributed by atoms with Crippen LogP contribution in [0.4, 0.5) is 0 Å². The molecule has 29 heavy (non-hydrogen) atoms. The lowest BCUT2D eigenvalue weighted by Gasteiger charge is -2.34. The summed E-state index contributed by atoms with van der Waals surface area (Å²) in [5.41, 5.74) is 2.93. The maximum Gasteiger partial charge on any atom is 0.261 e. The van der Waals surface area contributed by atoms with Crippen LogP contribution in [0.15, 0.2) is 59.7 Å². The molecule has 0 aliphatic carbocycles. The summed E-state index contributed by atoms with van der Waals surface area (Å²) in [5.74, 6) is 0.0978. The molecule has 0 bridgehead atoms. The zero-order valence-electron chi connectivity index (χ0n) is 16.8. The number of amides is 1. The van der Waals surface area contributed by atoms with Gasteiger partial charge < -0.3 is 4.90 Å². The molecule has 0 atom stereocenters. The standard InChI is InChI=1S/C23H26N4O2/c1-18-6-5-9-20-22(18)24-17-27(23(20)29)11-10-21(28)26-14-12-25(13-15-26)16-19-7-3-2-4-8-19/h2-9,17H,10-16H2,1H3. The average Bonchev–Trinajstić information content (AvgIpc) is 2.75. The van der Waals surface area contributed by atoms with Crippen molar-refractivity contribution in [2.24, 2.45) is 0 Å². The number of hydrogen-bond donors (Lipinski definition) is 0. The number of carbonyl (C=O) groups is 1. The molecule has 0 spiro atoms. The van der Waals surface area contributed by atoms with Gasteiger partial charge in [-0.2, -0.15) is 0 Å². The van der Waals surface area contributed by atoms with Crippen LogP contribution in [0, 0.1) is 6.92 Å². The van der Waals surface area contributed by atoms with Crippen molar-refractivity contribution in [1.29, 1.82) is 0 Å². The summed E-state index contributed by atoms with van der Waals surface area (Å²) in [5, 5.41) is 0.606. The predicted octanol–water partition coefficient (Wildman–Crippen LogP) is 2.44. The Kier molecular flexibility index (Phi) is 5.71. The summed E-state index contributed by atoms with van der Waals surface area (Å²) < 4.78 is 1.55. The molecule has 1 fully saturated rings. The van der Waals surface area contributed by atoms with Crippen LogP contribution in [0.3, 0.4) is 0 Å². The third kappa shape index (κ3) is 4.38. The zero-order chi connectivity index (χ0) is 20.2. The molecular formula is C23H26N4O2. The van der Waals surface area contributed by atoms with E-state index in [0.717, 1.165) is 43.8 Å². The highest BCUT2D eigenvalue weighted by Gasteiger charge is 2.21. The molecule has 1 amide bonds. The zero-order valence-corrected chi connectivity index (χ0v) is 16.8. The fourth-order valence-corrected chi connectivity index (χ4v) is 3.87. The number of piperazine rings is 1. The number of nitrogens with zero attached hydrogens (tertiary/aromatic N) is 4. The Bertz CT molecular complexity index is 1050. The molecule has 4 rings (SSSR count). The predicted molar refractivity (Wildman–Crippen MR) is 114 cm³/mol. The second-order valence-electron chi connectivity index (χ2n) is 7.61. The van der Waals surface area contributed by atoms with Gasteiger partial charge in [-0.3, -0.25) is 19.1 Å². The number of fused-ring (bicyclic) bond motifs is 1. The molecule has 6 heteroatoms. The first-order chi connectivity index (χ1) is 14.1. The van der Waals surface area contributed by atoms with Crippen molar-refractivity contribution in [3.63, 3.8) is 0 Å². The van der Waals surface area contributed by atoms with Gasteiger partial charge in [0.05, 0.1) is 17.2 Å². The van der Waals surface area contributed by atoms with Crippen LogP contribution >= 0.6 is 0 Å². The Balaban J connectivity index is 1.32. The molecule has 1 aromatic heterocycles. The molecule has 150 valence electrons. The minimum Gasteiger partial charge on any atom is -0.340 e. The van der Waals surface area contributed by atoms with Crippen LogP contribution in [0.1, 0.15) is 17.5 Å². The Hall–Kier alpha value is -2.99. The number of hydrogen-bond acceptors (Lipinski definition) is 4. The van der Waals surface area contributed by atoms with Crippen LogP contribution in [-0.4, -0.2) is 51.4 Å². The van der Waals surface area contributed by atoms with Crippen molar-refractivity contribution in [3.8, 4) is 0 Å². The molecule has 1 aliphatic rings. The Morgan fingerprint density at radius 2 is 1.76 bits per heavy atom. The molecule has 0 N–H and O–H groups in total. The molecule has 6 nitrogen and oxygen atoms in total. The average molecular weight is 390 g/mol. The summed E-state index contributed by atoms with van der Waals surface area (Å²) in [6.45, 7) is 6.43. The van der Waals surface area contributed by atoms with Crippen molar-refractivity contribution >= 4 is 16.8 Å². The van der Waals surface area contributed by atoms with Crippen LogP contribution in [0.2, 0.25) is 0 Å². The van der Waals surface area contributed by atoms with Gasteiger partial charge in [-0.05, 0) is 24.1 Å². The van der Waals surface area contributed by atoms with E-state index in [0.29, 0.717) is 18.4 Å². The third-order valence-electron chi connectivity index (χ3n) is 5.60. The van der Waals surface area contributed by atoms with E-state index in [1.165, 1.54) is 5.56 Å². The van der Waals surface area contributed by atoms with E-state index in [9.17, 15) is 9.59 Å². The van der Waals surface area contributed by atoms with Crippen molar-refractivity contribution < 1.29 is 4.79 Å². The summed E-state index contributed by atoms with van der Waals surface area (Å²) >= 11 is 0. The van der Waals surface area contributed by atoms with E-state index in [2.05, 4.69) is 34.1 Å². The van der Waals surface area contributed by atoms with E-state index >= 15 is 0 Å². The van der Waals surface area contributed by atoms with Gasteiger partial charge in [0, 0.05) is 45.7 Å². The highest BCUT2D eigenvalue weighted by Crippen LogP contribution is 2.12. The smallest absolute Gasteiger partial charge is 0.261 e. The normalized spacial score (nSPS) is 15.0. The fourth-order valence-electron chi connectivity index (χ4n) is 3.87. The largest absolute Gasteiger partial charge is 0.340 e. The van der Waals surface area contributed by atoms with Gasteiger partial charge >= 0.3 is 0 Å². The van der Waals surface area contributed by atoms with Crippen molar-refractivity contribution in [1.82, 2.24) is 19.4 Å². The van der Waals surface area contributed by atoms with Crippen LogP contribution in [0.5, 0.6) is 0 Å². The SMILES string of the molecule is Cc1cccc2c(=O)n(CCC(=O)N3CCN(Cc4ccccc4)CC3)cnc12. The van der Waals surface area contributed by atoms with E-state index in [4.69, 9.17) is 0 Å². The van der Waals surface area contributed by atoms with Gasteiger partial charge in [-0.1, -0.05) is 42.5 Å². The van der Waals surface area contributed by atoms with Crippen LogP contribution < -0.4 is 5.56 Å². The van der Waals surface area contributed by atoms with Gasteiger partial charge in [-0.25, -0.2) is 4.98 Å². The molecule has 3 aromatic rings. The Morgan fingerprint density at radius 1 is 1.00 bits per heavy atom. The molecule has 1 saturated heterocycles. The number of aromatic nitrogens is 2. The second-order valence-corrected chi connectivity index (χ2v) is 7.61. The number of aryl methyl sites for hydroxylation is 2. The topological polar surface area (TPSA) is 58.4 Å². The summed E-state index contributed by atoms with van der Waals surface area (Å²) in [7, 11) is 0. The molecule has 0 unspecified atom stereocenters. The van der Waals surface area contributed by atoms with Crippen LogP contribution in [-0.2, 0) is 17.9 Å². The second kappa shape index (κ2) is 8.57. The first kappa shape index (κ1) is 19.3. The molecule has 0 radical (unpaired) electrons. The maximum absolute atomic E-state index is 12.7. The Labute approximate surface area is 170 Å². The van der Waals surface area contributed by atoms with Crippen molar-refractivity contribution in [2.75, 3.05) is 26.2 Å². The lowest BCUT2D eigenvalue weighted by Crippen LogP contribution is -2.48. The quantitative estimate of drug-likeness (QED) is 0.671.